The van der Waals surface area contributed by atoms with Crippen LogP contribution in [0.2, 0.25) is 0 Å². The van der Waals surface area contributed by atoms with Crippen LogP contribution in [0.15, 0.2) is 18.2 Å². The molecule has 2 aliphatic rings. The van der Waals surface area contributed by atoms with E-state index >= 15 is 0 Å². The van der Waals surface area contributed by atoms with E-state index in [2.05, 4.69) is 34.6 Å². The molecule has 6 nitrogen and oxygen atoms in total. The van der Waals surface area contributed by atoms with Gasteiger partial charge in [-0.1, -0.05) is 19.8 Å². The summed E-state index contributed by atoms with van der Waals surface area (Å²) in [5, 5.41) is 5.83. The zero-order valence-corrected chi connectivity index (χ0v) is 16.6. The van der Waals surface area contributed by atoms with Crippen molar-refractivity contribution in [2.45, 2.75) is 45.6 Å². The standard InChI is InChI=1S/C21H33N3O3/c1-16-5-3-4-6-20(16)27-12-9-22-21(25)23-19-8-7-18(15-17(19)2)24-10-13-26-14-11-24/h7-8,15-16,20H,3-6,9-14H2,1-2H3,(H2,22,23,25)/t16-,20+/m1/s1. The van der Waals surface area contributed by atoms with Crippen LogP contribution >= 0.6 is 0 Å². The third-order valence-corrected chi connectivity index (χ3v) is 5.59. The van der Waals surface area contributed by atoms with Crippen LogP contribution in [-0.4, -0.2) is 51.6 Å². The Bertz CT molecular complexity index is 617. The monoisotopic (exact) mass is 375 g/mol. The molecule has 1 aliphatic carbocycles. The maximum Gasteiger partial charge on any atom is 0.319 e. The fourth-order valence-corrected chi connectivity index (χ4v) is 3.88. The van der Waals surface area contributed by atoms with Gasteiger partial charge in [0.2, 0.25) is 0 Å². The average molecular weight is 376 g/mol. The zero-order chi connectivity index (χ0) is 19.1. The first-order valence-electron chi connectivity index (χ1n) is 10.2. The van der Waals surface area contributed by atoms with E-state index in [0.717, 1.165) is 44.0 Å². The van der Waals surface area contributed by atoms with Crippen LogP contribution < -0.4 is 15.5 Å². The number of hydrogen-bond acceptors (Lipinski definition) is 4. The molecular formula is C21H33N3O3. The van der Waals surface area contributed by atoms with Gasteiger partial charge in [0.1, 0.15) is 0 Å². The van der Waals surface area contributed by atoms with E-state index in [0.29, 0.717) is 25.2 Å². The lowest BCUT2D eigenvalue weighted by molar-refractivity contribution is -0.00232. The van der Waals surface area contributed by atoms with Crippen molar-refractivity contribution in [2.75, 3.05) is 49.7 Å². The third-order valence-electron chi connectivity index (χ3n) is 5.59. The maximum absolute atomic E-state index is 12.2. The first-order valence-corrected chi connectivity index (χ1v) is 10.2. The molecule has 150 valence electrons. The Kier molecular flexibility index (Phi) is 7.35. The van der Waals surface area contributed by atoms with E-state index in [1.54, 1.807) is 0 Å². The van der Waals surface area contributed by atoms with E-state index in [-0.39, 0.29) is 6.03 Å². The summed E-state index contributed by atoms with van der Waals surface area (Å²) in [7, 11) is 0. The molecule has 2 amide bonds. The number of nitrogens with zero attached hydrogens (tertiary/aromatic N) is 1. The Morgan fingerprint density at radius 3 is 2.78 bits per heavy atom. The molecule has 27 heavy (non-hydrogen) atoms. The molecule has 1 heterocycles. The highest BCUT2D eigenvalue weighted by molar-refractivity contribution is 5.90. The van der Waals surface area contributed by atoms with Gasteiger partial charge in [-0.25, -0.2) is 4.79 Å². The molecular weight excluding hydrogens is 342 g/mol. The lowest BCUT2D eigenvalue weighted by Crippen LogP contribution is -2.36. The van der Waals surface area contributed by atoms with Crippen molar-refractivity contribution in [3.05, 3.63) is 23.8 Å². The highest BCUT2D eigenvalue weighted by atomic mass is 16.5. The molecule has 1 aliphatic heterocycles. The highest BCUT2D eigenvalue weighted by Crippen LogP contribution is 2.26. The molecule has 0 aromatic heterocycles. The maximum atomic E-state index is 12.2. The van der Waals surface area contributed by atoms with Crippen LogP contribution in [0.1, 0.15) is 38.2 Å². The molecule has 1 aromatic rings. The lowest BCUT2D eigenvalue weighted by atomic mass is 9.88. The summed E-state index contributed by atoms with van der Waals surface area (Å²) >= 11 is 0. The molecule has 1 saturated carbocycles. The number of morpholine rings is 1. The Labute approximate surface area is 162 Å². The summed E-state index contributed by atoms with van der Waals surface area (Å²) in [5.41, 5.74) is 3.07. The number of benzene rings is 1. The highest BCUT2D eigenvalue weighted by Gasteiger charge is 2.21. The molecule has 0 radical (unpaired) electrons. The number of urea groups is 1. The predicted molar refractivity (Wildman–Crippen MR) is 109 cm³/mol. The molecule has 2 atom stereocenters. The fourth-order valence-electron chi connectivity index (χ4n) is 3.88. The first kappa shape index (κ1) is 20.0. The van der Waals surface area contributed by atoms with Crippen molar-refractivity contribution in [2.24, 2.45) is 5.92 Å². The minimum Gasteiger partial charge on any atom is -0.378 e. The van der Waals surface area contributed by atoms with Crippen LogP contribution in [0.3, 0.4) is 0 Å². The number of nitrogens with one attached hydrogen (secondary N) is 2. The van der Waals surface area contributed by atoms with Crippen molar-refractivity contribution < 1.29 is 14.3 Å². The van der Waals surface area contributed by atoms with Crippen LogP contribution in [0.4, 0.5) is 16.2 Å². The average Bonchev–Trinajstić information content (AvgIpc) is 2.69. The zero-order valence-electron chi connectivity index (χ0n) is 16.6. The number of aryl methyl sites for hydroxylation is 1. The second-order valence-electron chi connectivity index (χ2n) is 7.65. The van der Waals surface area contributed by atoms with Gasteiger partial charge in [0, 0.05) is 31.0 Å². The number of carbonyl (C=O) groups is 1. The Hall–Kier alpha value is -1.79. The van der Waals surface area contributed by atoms with Crippen molar-refractivity contribution >= 4 is 17.4 Å². The third kappa shape index (κ3) is 5.84. The Morgan fingerprint density at radius 1 is 1.26 bits per heavy atom. The molecule has 1 aromatic carbocycles. The Morgan fingerprint density at radius 2 is 2.04 bits per heavy atom. The summed E-state index contributed by atoms with van der Waals surface area (Å²) in [6, 6.07) is 5.97. The van der Waals surface area contributed by atoms with Crippen LogP contribution in [0, 0.1) is 12.8 Å². The van der Waals surface area contributed by atoms with Crippen LogP contribution in [0.25, 0.3) is 0 Å². The second kappa shape index (κ2) is 9.95. The van der Waals surface area contributed by atoms with Gasteiger partial charge in [-0.3, -0.25) is 0 Å². The smallest absolute Gasteiger partial charge is 0.319 e. The summed E-state index contributed by atoms with van der Waals surface area (Å²) < 4.78 is 11.3. The van der Waals surface area contributed by atoms with Gasteiger partial charge in [0.15, 0.2) is 0 Å². The number of amides is 2. The number of hydrogen-bond donors (Lipinski definition) is 2. The number of ether oxygens (including phenoxy) is 2. The predicted octanol–water partition coefficient (Wildman–Crippen LogP) is 3.55. The van der Waals surface area contributed by atoms with E-state index in [4.69, 9.17) is 9.47 Å². The van der Waals surface area contributed by atoms with Crippen molar-refractivity contribution in [3.63, 3.8) is 0 Å². The largest absolute Gasteiger partial charge is 0.378 e. The summed E-state index contributed by atoms with van der Waals surface area (Å²) in [4.78, 5) is 14.5. The summed E-state index contributed by atoms with van der Waals surface area (Å²) in [6.07, 6.45) is 5.30. The van der Waals surface area contributed by atoms with Crippen molar-refractivity contribution in [1.82, 2.24) is 5.32 Å². The number of carbonyl (C=O) groups excluding carboxylic acids is 1. The second-order valence-corrected chi connectivity index (χ2v) is 7.65. The fraction of sp³-hybridized carbons (Fsp3) is 0.667. The van der Waals surface area contributed by atoms with Gasteiger partial charge in [-0.2, -0.15) is 0 Å². The van der Waals surface area contributed by atoms with Crippen molar-refractivity contribution in [3.8, 4) is 0 Å². The molecule has 0 spiro atoms. The number of anilines is 2. The van der Waals surface area contributed by atoms with Gasteiger partial charge in [-0.15, -0.1) is 0 Å². The SMILES string of the molecule is Cc1cc(N2CCOCC2)ccc1NC(=O)NCCO[C@H]1CCCC[C@H]1C. The van der Waals surface area contributed by atoms with Gasteiger partial charge in [0.05, 0.1) is 25.9 Å². The first-order chi connectivity index (χ1) is 13.1. The van der Waals surface area contributed by atoms with Gasteiger partial charge < -0.3 is 25.0 Å². The topological polar surface area (TPSA) is 62.8 Å². The van der Waals surface area contributed by atoms with Gasteiger partial charge in [-0.05, 0) is 49.4 Å². The normalized spacial score (nSPS) is 23.1. The molecule has 0 unspecified atom stereocenters. The van der Waals surface area contributed by atoms with E-state index in [1.807, 2.05) is 13.0 Å². The van der Waals surface area contributed by atoms with E-state index in [1.165, 1.54) is 24.9 Å². The summed E-state index contributed by atoms with van der Waals surface area (Å²) in [5.74, 6) is 0.625. The van der Waals surface area contributed by atoms with E-state index in [9.17, 15) is 4.79 Å². The summed E-state index contributed by atoms with van der Waals surface area (Å²) in [6.45, 7) is 8.72. The lowest BCUT2D eigenvalue weighted by Gasteiger charge is -2.29. The van der Waals surface area contributed by atoms with Crippen LogP contribution in [0.5, 0.6) is 0 Å². The van der Waals surface area contributed by atoms with Crippen LogP contribution in [-0.2, 0) is 9.47 Å². The quantitative estimate of drug-likeness (QED) is 0.747. The Balaban J connectivity index is 1.40. The minimum atomic E-state index is -0.183. The van der Waals surface area contributed by atoms with E-state index < -0.39 is 0 Å². The molecule has 6 heteroatoms. The minimum absolute atomic E-state index is 0.183. The molecule has 2 N–H and O–H groups in total. The van der Waals surface area contributed by atoms with Gasteiger partial charge in [0.25, 0.3) is 0 Å². The number of rotatable bonds is 6. The molecule has 2 fully saturated rings. The molecule has 3 rings (SSSR count). The van der Waals surface area contributed by atoms with Gasteiger partial charge >= 0.3 is 6.03 Å². The van der Waals surface area contributed by atoms with Crippen molar-refractivity contribution in [1.29, 1.82) is 0 Å². The molecule has 1 saturated heterocycles. The molecule has 0 bridgehead atoms.